The second-order valence-corrected chi connectivity index (χ2v) is 6.35. The van der Waals surface area contributed by atoms with Crippen LogP contribution in [0.3, 0.4) is 0 Å². The van der Waals surface area contributed by atoms with Gasteiger partial charge in [-0.1, -0.05) is 12.1 Å². The highest BCUT2D eigenvalue weighted by Gasteiger charge is 2.18. The molecule has 1 heterocycles. The molecule has 1 aliphatic rings. The molecular weight excluding hydrogens is 316 g/mol. The van der Waals surface area contributed by atoms with Crippen LogP contribution in [0.2, 0.25) is 0 Å². The van der Waals surface area contributed by atoms with Crippen molar-refractivity contribution in [3.05, 3.63) is 69.6 Å². The molecule has 0 aliphatic heterocycles. The van der Waals surface area contributed by atoms with Crippen LogP contribution in [0.5, 0.6) is 11.5 Å². The van der Waals surface area contributed by atoms with Crippen LogP contribution in [0, 0.1) is 0 Å². The van der Waals surface area contributed by atoms with E-state index in [1.165, 1.54) is 0 Å². The molecule has 0 radical (unpaired) electrons. The van der Waals surface area contributed by atoms with Gasteiger partial charge in [-0.25, -0.2) is 4.79 Å². The standard InChI is InChI=1S/C21H20O4/c1-23-15-6-4-5-14(11-15)13-24-16-9-10-18-17-7-2-3-8-19(17)21(22)25-20(18)12-16/h4-6,9-12H,2-3,7-8,13H2,1H3. The highest BCUT2D eigenvalue weighted by molar-refractivity contribution is 5.82. The minimum absolute atomic E-state index is 0.202. The average Bonchev–Trinajstić information content (AvgIpc) is 2.66. The average molecular weight is 336 g/mol. The van der Waals surface area contributed by atoms with Crippen molar-refractivity contribution in [3.8, 4) is 11.5 Å². The zero-order valence-corrected chi connectivity index (χ0v) is 14.2. The molecule has 0 fully saturated rings. The summed E-state index contributed by atoms with van der Waals surface area (Å²) in [6.07, 6.45) is 3.95. The van der Waals surface area contributed by atoms with E-state index in [1.54, 1.807) is 7.11 Å². The summed E-state index contributed by atoms with van der Waals surface area (Å²) in [5.41, 5.74) is 3.42. The zero-order valence-electron chi connectivity index (χ0n) is 14.2. The van der Waals surface area contributed by atoms with Gasteiger partial charge in [0.25, 0.3) is 0 Å². The van der Waals surface area contributed by atoms with Gasteiger partial charge >= 0.3 is 5.63 Å². The summed E-state index contributed by atoms with van der Waals surface area (Å²) in [6.45, 7) is 0.428. The van der Waals surface area contributed by atoms with Crippen LogP contribution in [-0.4, -0.2) is 7.11 Å². The largest absolute Gasteiger partial charge is 0.497 e. The lowest BCUT2D eigenvalue weighted by Crippen LogP contribution is -2.15. The van der Waals surface area contributed by atoms with Crippen LogP contribution >= 0.6 is 0 Å². The number of methoxy groups -OCH3 is 1. The van der Waals surface area contributed by atoms with Gasteiger partial charge in [-0.05, 0) is 61.1 Å². The fourth-order valence-electron chi connectivity index (χ4n) is 3.44. The van der Waals surface area contributed by atoms with E-state index in [0.29, 0.717) is 17.9 Å². The van der Waals surface area contributed by atoms with Crippen LogP contribution in [-0.2, 0) is 19.4 Å². The molecule has 0 saturated carbocycles. The molecule has 3 aromatic rings. The van der Waals surface area contributed by atoms with E-state index in [0.717, 1.165) is 53.5 Å². The Kier molecular flexibility index (Phi) is 4.18. The third kappa shape index (κ3) is 3.12. The minimum Gasteiger partial charge on any atom is -0.497 e. The van der Waals surface area contributed by atoms with Crippen LogP contribution in [0.4, 0.5) is 0 Å². The second kappa shape index (κ2) is 6.63. The topological polar surface area (TPSA) is 48.7 Å². The monoisotopic (exact) mass is 336 g/mol. The number of hydrogen-bond donors (Lipinski definition) is 0. The molecule has 0 unspecified atom stereocenters. The summed E-state index contributed by atoms with van der Waals surface area (Å²) >= 11 is 0. The van der Waals surface area contributed by atoms with Gasteiger partial charge in [0.15, 0.2) is 0 Å². The van der Waals surface area contributed by atoms with Gasteiger partial charge in [-0.2, -0.15) is 0 Å². The van der Waals surface area contributed by atoms with Gasteiger partial charge in [0, 0.05) is 17.0 Å². The molecule has 4 nitrogen and oxygen atoms in total. The minimum atomic E-state index is -0.202. The normalized spacial score (nSPS) is 13.5. The van der Waals surface area contributed by atoms with E-state index in [9.17, 15) is 4.79 Å². The first-order valence-electron chi connectivity index (χ1n) is 8.59. The van der Waals surface area contributed by atoms with E-state index in [2.05, 4.69) is 0 Å². The van der Waals surface area contributed by atoms with E-state index in [4.69, 9.17) is 13.9 Å². The lowest BCUT2D eigenvalue weighted by atomic mass is 9.91. The summed E-state index contributed by atoms with van der Waals surface area (Å²) < 4.78 is 16.6. The maximum Gasteiger partial charge on any atom is 0.339 e. The van der Waals surface area contributed by atoms with E-state index in [1.807, 2.05) is 42.5 Å². The SMILES string of the molecule is COc1cccc(COc2ccc3c4c(c(=O)oc3c2)CCCC4)c1. The van der Waals surface area contributed by atoms with Crippen molar-refractivity contribution in [1.82, 2.24) is 0 Å². The first-order chi connectivity index (χ1) is 12.2. The molecule has 4 rings (SSSR count). The van der Waals surface area contributed by atoms with Crippen LogP contribution in [0.15, 0.2) is 51.7 Å². The highest BCUT2D eigenvalue weighted by atomic mass is 16.5. The summed E-state index contributed by atoms with van der Waals surface area (Å²) in [6, 6.07) is 13.5. The summed E-state index contributed by atoms with van der Waals surface area (Å²) in [5, 5.41) is 1.03. The molecule has 0 saturated heterocycles. The molecule has 2 aromatic carbocycles. The van der Waals surface area contributed by atoms with Gasteiger partial charge in [-0.3, -0.25) is 0 Å². The van der Waals surface area contributed by atoms with E-state index in [-0.39, 0.29) is 5.63 Å². The van der Waals surface area contributed by atoms with Crippen molar-refractivity contribution in [1.29, 1.82) is 0 Å². The van der Waals surface area contributed by atoms with Crippen molar-refractivity contribution < 1.29 is 13.9 Å². The fraction of sp³-hybridized carbons (Fsp3) is 0.286. The maximum atomic E-state index is 12.2. The molecule has 0 N–H and O–H groups in total. The van der Waals surface area contributed by atoms with Crippen LogP contribution < -0.4 is 15.1 Å². The molecule has 128 valence electrons. The first kappa shape index (κ1) is 15.8. The smallest absolute Gasteiger partial charge is 0.339 e. The third-order valence-electron chi connectivity index (χ3n) is 4.73. The predicted octanol–water partition coefficient (Wildman–Crippen LogP) is 4.26. The van der Waals surface area contributed by atoms with Crippen molar-refractivity contribution >= 4 is 11.0 Å². The van der Waals surface area contributed by atoms with Gasteiger partial charge < -0.3 is 13.9 Å². The first-order valence-corrected chi connectivity index (χ1v) is 8.59. The number of fused-ring (bicyclic) bond motifs is 3. The maximum absolute atomic E-state index is 12.2. The summed E-state index contributed by atoms with van der Waals surface area (Å²) in [5.74, 6) is 1.49. The van der Waals surface area contributed by atoms with E-state index < -0.39 is 0 Å². The molecule has 4 heteroatoms. The molecular formula is C21H20O4. The lowest BCUT2D eigenvalue weighted by molar-refractivity contribution is 0.305. The summed E-state index contributed by atoms with van der Waals surface area (Å²) in [4.78, 5) is 12.2. The lowest BCUT2D eigenvalue weighted by Gasteiger charge is -2.16. The molecule has 1 aliphatic carbocycles. The highest BCUT2D eigenvalue weighted by Crippen LogP contribution is 2.29. The van der Waals surface area contributed by atoms with Gasteiger partial charge in [0.1, 0.15) is 23.7 Å². The quantitative estimate of drug-likeness (QED) is 0.668. The molecule has 25 heavy (non-hydrogen) atoms. The van der Waals surface area contributed by atoms with E-state index >= 15 is 0 Å². The van der Waals surface area contributed by atoms with Crippen molar-refractivity contribution in [2.75, 3.05) is 7.11 Å². The van der Waals surface area contributed by atoms with Gasteiger partial charge in [-0.15, -0.1) is 0 Å². The van der Waals surface area contributed by atoms with Crippen LogP contribution in [0.1, 0.15) is 29.5 Å². The number of aryl methyl sites for hydroxylation is 1. The van der Waals surface area contributed by atoms with Gasteiger partial charge in [0.2, 0.25) is 0 Å². The fourth-order valence-corrected chi connectivity index (χ4v) is 3.44. The Morgan fingerprint density at radius 3 is 2.68 bits per heavy atom. The molecule has 0 bridgehead atoms. The summed E-state index contributed by atoms with van der Waals surface area (Å²) in [7, 11) is 1.64. The Labute approximate surface area is 146 Å². The number of rotatable bonds is 4. The van der Waals surface area contributed by atoms with Crippen LogP contribution in [0.25, 0.3) is 11.0 Å². The molecule has 0 amide bonds. The molecule has 0 spiro atoms. The Morgan fingerprint density at radius 2 is 1.84 bits per heavy atom. The van der Waals surface area contributed by atoms with Crippen molar-refractivity contribution in [2.24, 2.45) is 0 Å². The number of benzene rings is 2. The van der Waals surface area contributed by atoms with Crippen molar-refractivity contribution in [2.45, 2.75) is 32.3 Å². The predicted molar refractivity (Wildman–Crippen MR) is 96.5 cm³/mol. The van der Waals surface area contributed by atoms with Crippen molar-refractivity contribution in [3.63, 3.8) is 0 Å². The number of ether oxygens (including phenoxy) is 2. The second-order valence-electron chi connectivity index (χ2n) is 6.35. The molecule has 1 aromatic heterocycles. The third-order valence-corrected chi connectivity index (χ3v) is 4.73. The van der Waals surface area contributed by atoms with Gasteiger partial charge in [0.05, 0.1) is 7.11 Å². The Bertz CT molecular complexity index is 971. The Hall–Kier alpha value is -2.75. The number of hydrogen-bond acceptors (Lipinski definition) is 4. The Morgan fingerprint density at radius 1 is 1.00 bits per heavy atom. The Balaban J connectivity index is 1.62. The zero-order chi connectivity index (χ0) is 17.2. The molecule has 0 atom stereocenters.